The summed E-state index contributed by atoms with van der Waals surface area (Å²) in [5.74, 6) is 0. The number of rotatable bonds is 3. The van der Waals surface area contributed by atoms with E-state index in [1.807, 2.05) is 13.1 Å². The van der Waals surface area contributed by atoms with E-state index in [0.717, 1.165) is 8.26 Å². The Hall–Kier alpha value is 0.360. The highest BCUT2D eigenvalue weighted by molar-refractivity contribution is 9.13. The molecule has 1 rings (SSSR count). The molecule has 0 amide bonds. The lowest BCUT2D eigenvalue weighted by Gasteiger charge is -2.06. The molecule has 66 valence electrons. The van der Waals surface area contributed by atoms with Gasteiger partial charge in [-0.25, -0.2) is 0 Å². The molecule has 1 N–H and O–H groups in total. The van der Waals surface area contributed by atoms with Crippen LogP contribution in [0.3, 0.4) is 0 Å². The Balaban J connectivity index is 2.94. The predicted octanol–water partition coefficient (Wildman–Crippen LogP) is 3.72. The first-order valence-electron chi connectivity index (χ1n) is 3.43. The first-order chi connectivity index (χ1) is 5.69. The third kappa shape index (κ3) is 2.19. The summed E-state index contributed by atoms with van der Waals surface area (Å²) in [6.45, 7) is 3.76. The van der Waals surface area contributed by atoms with E-state index in [1.54, 1.807) is 11.3 Å². The molecule has 0 radical (unpaired) electrons. The van der Waals surface area contributed by atoms with Crippen LogP contribution in [0, 0.1) is 0 Å². The fraction of sp³-hybridized carbons (Fsp3) is 0.250. The van der Waals surface area contributed by atoms with Gasteiger partial charge < -0.3 is 5.32 Å². The average molecular weight is 311 g/mol. The second kappa shape index (κ2) is 4.56. The molecule has 4 heteroatoms. The molecular formula is C8H9Br2NS. The molecular weight excluding hydrogens is 302 g/mol. The lowest BCUT2D eigenvalue weighted by Crippen LogP contribution is -2.11. The van der Waals surface area contributed by atoms with Gasteiger partial charge in [0.1, 0.15) is 0 Å². The zero-order valence-electron chi connectivity index (χ0n) is 6.60. The molecule has 0 bridgehead atoms. The molecule has 0 saturated heterocycles. The number of hydrogen-bond donors (Lipinski definition) is 1. The fourth-order valence-corrected chi connectivity index (χ4v) is 3.09. The molecule has 0 spiro atoms. The summed E-state index contributed by atoms with van der Waals surface area (Å²) < 4.78 is 2.23. The van der Waals surface area contributed by atoms with Gasteiger partial charge in [0.05, 0.1) is 9.83 Å². The van der Waals surface area contributed by atoms with Gasteiger partial charge in [0, 0.05) is 9.35 Å². The maximum absolute atomic E-state index is 3.76. The normalized spacial score (nSPS) is 12.9. The third-order valence-corrected chi connectivity index (χ3v) is 4.86. The highest BCUT2D eigenvalue weighted by Crippen LogP contribution is 2.35. The third-order valence-electron chi connectivity index (χ3n) is 1.52. The minimum atomic E-state index is 0.248. The van der Waals surface area contributed by atoms with Crippen LogP contribution >= 0.6 is 43.2 Å². The number of nitrogens with one attached hydrogen (secondary N) is 1. The van der Waals surface area contributed by atoms with E-state index < -0.39 is 0 Å². The summed E-state index contributed by atoms with van der Waals surface area (Å²) in [4.78, 5) is 1.26. The van der Waals surface area contributed by atoms with Crippen molar-refractivity contribution in [2.24, 2.45) is 0 Å². The van der Waals surface area contributed by atoms with Crippen molar-refractivity contribution in [2.45, 2.75) is 6.04 Å². The molecule has 0 fully saturated rings. The topological polar surface area (TPSA) is 12.0 Å². The Labute approximate surface area is 93.1 Å². The Kier molecular flexibility index (Phi) is 3.96. The number of thiophene rings is 1. The zero-order valence-corrected chi connectivity index (χ0v) is 10.6. The van der Waals surface area contributed by atoms with E-state index >= 15 is 0 Å². The highest BCUT2D eigenvalue weighted by atomic mass is 79.9. The van der Waals surface area contributed by atoms with E-state index in [2.05, 4.69) is 49.8 Å². The predicted molar refractivity (Wildman–Crippen MR) is 61.7 cm³/mol. The Morgan fingerprint density at radius 1 is 1.67 bits per heavy atom. The van der Waals surface area contributed by atoms with Crippen molar-refractivity contribution in [2.75, 3.05) is 7.05 Å². The van der Waals surface area contributed by atoms with Gasteiger partial charge in [-0.2, -0.15) is 0 Å². The summed E-state index contributed by atoms with van der Waals surface area (Å²) in [5.41, 5.74) is 0. The maximum atomic E-state index is 3.76. The summed E-state index contributed by atoms with van der Waals surface area (Å²) in [6, 6.07) is 2.34. The van der Waals surface area contributed by atoms with Gasteiger partial charge in [-0.3, -0.25) is 0 Å². The molecule has 1 aromatic rings. The molecule has 1 aromatic heterocycles. The van der Waals surface area contributed by atoms with Crippen molar-refractivity contribution >= 4 is 43.2 Å². The Morgan fingerprint density at radius 3 is 2.67 bits per heavy atom. The SMILES string of the molecule is C=CC(NC)c1cc(Br)c(Br)s1. The van der Waals surface area contributed by atoms with Crippen molar-refractivity contribution in [3.8, 4) is 0 Å². The smallest absolute Gasteiger partial charge is 0.0843 e. The quantitative estimate of drug-likeness (QED) is 0.839. The van der Waals surface area contributed by atoms with Crippen LogP contribution in [0.5, 0.6) is 0 Å². The Bertz CT molecular complexity index is 263. The average Bonchev–Trinajstić information content (AvgIpc) is 2.35. The van der Waals surface area contributed by atoms with E-state index in [1.165, 1.54) is 4.88 Å². The maximum Gasteiger partial charge on any atom is 0.0843 e. The first kappa shape index (κ1) is 10.4. The van der Waals surface area contributed by atoms with E-state index in [-0.39, 0.29) is 6.04 Å². The van der Waals surface area contributed by atoms with Crippen LogP contribution in [0.2, 0.25) is 0 Å². The van der Waals surface area contributed by atoms with E-state index in [4.69, 9.17) is 0 Å². The van der Waals surface area contributed by atoms with Crippen molar-refractivity contribution in [3.63, 3.8) is 0 Å². The van der Waals surface area contributed by atoms with E-state index in [0.29, 0.717) is 0 Å². The van der Waals surface area contributed by atoms with Crippen molar-refractivity contribution < 1.29 is 0 Å². The molecule has 0 aliphatic carbocycles. The number of halogens is 2. The second-order valence-electron chi connectivity index (χ2n) is 2.27. The molecule has 0 aliphatic heterocycles. The standard InChI is InChI=1S/C8H9Br2NS/c1-3-6(11-2)7-4-5(9)8(10)12-7/h3-4,6,11H,1H2,2H3. The second-order valence-corrected chi connectivity index (χ2v) is 5.53. The molecule has 1 nitrogen and oxygen atoms in total. The molecule has 1 unspecified atom stereocenters. The fourth-order valence-electron chi connectivity index (χ4n) is 0.893. The molecule has 1 heterocycles. The van der Waals surface area contributed by atoms with Gasteiger partial charge in [0.25, 0.3) is 0 Å². The van der Waals surface area contributed by atoms with Gasteiger partial charge in [0.15, 0.2) is 0 Å². The molecule has 0 aromatic carbocycles. The molecule has 0 aliphatic rings. The molecule has 0 saturated carbocycles. The van der Waals surface area contributed by atoms with Gasteiger partial charge in [-0.1, -0.05) is 6.08 Å². The summed E-state index contributed by atoms with van der Waals surface area (Å²) in [7, 11) is 1.92. The minimum absolute atomic E-state index is 0.248. The first-order valence-corrected chi connectivity index (χ1v) is 5.83. The van der Waals surface area contributed by atoms with Gasteiger partial charge in [-0.05, 0) is 45.0 Å². The number of hydrogen-bond acceptors (Lipinski definition) is 2. The van der Waals surface area contributed by atoms with Gasteiger partial charge in [-0.15, -0.1) is 17.9 Å². The number of likely N-dealkylation sites (N-methyl/N-ethyl adjacent to an activating group) is 1. The van der Waals surface area contributed by atoms with Crippen LogP contribution in [-0.4, -0.2) is 7.05 Å². The molecule has 1 atom stereocenters. The summed E-state index contributed by atoms with van der Waals surface area (Å²) >= 11 is 8.60. The lowest BCUT2D eigenvalue weighted by molar-refractivity contribution is 0.729. The van der Waals surface area contributed by atoms with Gasteiger partial charge in [0.2, 0.25) is 0 Å². The van der Waals surface area contributed by atoms with Crippen LogP contribution in [0.1, 0.15) is 10.9 Å². The van der Waals surface area contributed by atoms with E-state index in [9.17, 15) is 0 Å². The monoisotopic (exact) mass is 309 g/mol. The highest BCUT2D eigenvalue weighted by Gasteiger charge is 2.10. The van der Waals surface area contributed by atoms with Gasteiger partial charge >= 0.3 is 0 Å². The summed E-state index contributed by atoms with van der Waals surface area (Å²) in [5, 5.41) is 3.16. The van der Waals surface area contributed by atoms with Crippen molar-refractivity contribution in [1.82, 2.24) is 5.32 Å². The summed E-state index contributed by atoms with van der Waals surface area (Å²) in [6.07, 6.45) is 1.89. The van der Waals surface area contributed by atoms with Crippen LogP contribution in [0.15, 0.2) is 27.0 Å². The van der Waals surface area contributed by atoms with Crippen LogP contribution < -0.4 is 5.32 Å². The molecule has 12 heavy (non-hydrogen) atoms. The van der Waals surface area contributed by atoms with Crippen molar-refractivity contribution in [3.05, 3.63) is 31.9 Å². The Morgan fingerprint density at radius 2 is 2.33 bits per heavy atom. The minimum Gasteiger partial charge on any atom is -0.309 e. The van der Waals surface area contributed by atoms with Crippen LogP contribution in [-0.2, 0) is 0 Å². The zero-order chi connectivity index (χ0) is 9.14. The van der Waals surface area contributed by atoms with Crippen LogP contribution in [0.4, 0.5) is 0 Å². The van der Waals surface area contributed by atoms with Crippen molar-refractivity contribution in [1.29, 1.82) is 0 Å². The van der Waals surface area contributed by atoms with Crippen LogP contribution in [0.25, 0.3) is 0 Å². The largest absolute Gasteiger partial charge is 0.309 e. The lowest BCUT2D eigenvalue weighted by atomic mass is 10.2.